The van der Waals surface area contributed by atoms with E-state index < -0.39 is 28.9 Å². The van der Waals surface area contributed by atoms with Gasteiger partial charge in [0.1, 0.15) is 0 Å². The van der Waals surface area contributed by atoms with Crippen LogP contribution in [0.2, 0.25) is 0 Å². The molecule has 0 atom stereocenters. The van der Waals surface area contributed by atoms with Gasteiger partial charge in [-0.2, -0.15) is 5.10 Å². The van der Waals surface area contributed by atoms with Gasteiger partial charge in [0.25, 0.3) is 5.91 Å². The standard InChI is InChI=1S/C12H10F3N3O/c1-5-11(6(2)18-17-5)16-12(19)7-3-4-8(13)10(15)9(7)14/h3-4H,1-2H3,(H,16,19)(H,17,18). The molecule has 2 aromatic rings. The van der Waals surface area contributed by atoms with E-state index in [4.69, 9.17) is 0 Å². The van der Waals surface area contributed by atoms with E-state index in [1.54, 1.807) is 13.8 Å². The summed E-state index contributed by atoms with van der Waals surface area (Å²) < 4.78 is 39.3. The Morgan fingerprint density at radius 3 is 2.47 bits per heavy atom. The van der Waals surface area contributed by atoms with Gasteiger partial charge in [-0.05, 0) is 26.0 Å². The number of nitrogens with one attached hydrogen (secondary N) is 2. The summed E-state index contributed by atoms with van der Waals surface area (Å²) in [6.45, 7) is 3.30. The van der Waals surface area contributed by atoms with Gasteiger partial charge in [-0.3, -0.25) is 9.89 Å². The first-order valence-corrected chi connectivity index (χ1v) is 5.38. The lowest BCUT2D eigenvalue weighted by atomic mass is 10.1. The molecular formula is C12H10F3N3O. The van der Waals surface area contributed by atoms with Gasteiger partial charge in [0.15, 0.2) is 17.5 Å². The first kappa shape index (κ1) is 13.1. The van der Waals surface area contributed by atoms with Gasteiger partial charge < -0.3 is 5.32 Å². The summed E-state index contributed by atoms with van der Waals surface area (Å²) in [5.41, 5.74) is 0.899. The molecular weight excluding hydrogens is 259 g/mol. The molecule has 2 N–H and O–H groups in total. The summed E-state index contributed by atoms with van der Waals surface area (Å²) in [6.07, 6.45) is 0. The summed E-state index contributed by atoms with van der Waals surface area (Å²) in [7, 11) is 0. The van der Waals surface area contributed by atoms with Crippen molar-refractivity contribution in [1.82, 2.24) is 10.2 Å². The molecule has 1 heterocycles. The molecule has 0 spiro atoms. The molecule has 0 aliphatic carbocycles. The van der Waals surface area contributed by atoms with Gasteiger partial charge in [-0.15, -0.1) is 0 Å². The minimum Gasteiger partial charge on any atom is -0.319 e. The molecule has 7 heteroatoms. The van der Waals surface area contributed by atoms with Crippen LogP contribution in [0.1, 0.15) is 21.7 Å². The number of aromatic amines is 1. The second kappa shape index (κ2) is 4.75. The minimum atomic E-state index is -1.67. The highest BCUT2D eigenvalue weighted by atomic mass is 19.2. The van der Waals surface area contributed by atoms with Crippen molar-refractivity contribution in [1.29, 1.82) is 0 Å². The summed E-state index contributed by atoms with van der Waals surface area (Å²) in [4.78, 5) is 11.8. The third-order valence-corrected chi connectivity index (χ3v) is 2.65. The second-order valence-corrected chi connectivity index (χ2v) is 3.99. The Morgan fingerprint density at radius 1 is 1.21 bits per heavy atom. The molecule has 0 aliphatic heterocycles. The summed E-state index contributed by atoms with van der Waals surface area (Å²) in [5, 5.41) is 8.89. The van der Waals surface area contributed by atoms with Crippen molar-refractivity contribution in [3.05, 3.63) is 46.5 Å². The van der Waals surface area contributed by atoms with Crippen molar-refractivity contribution < 1.29 is 18.0 Å². The number of aromatic nitrogens is 2. The van der Waals surface area contributed by atoms with Gasteiger partial charge in [0.05, 0.1) is 22.6 Å². The molecule has 19 heavy (non-hydrogen) atoms. The average Bonchev–Trinajstić information content (AvgIpc) is 2.68. The second-order valence-electron chi connectivity index (χ2n) is 3.99. The fraction of sp³-hybridized carbons (Fsp3) is 0.167. The Morgan fingerprint density at radius 2 is 1.89 bits per heavy atom. The van der Waals surface area contributed by atoms with Crippen LogP contribution in [-0.2, 0) is 0 Å². The number of rotatable bonds is 2. The van der Waals surface area contributed by atoms with Crippen molar-refractivity contribution in [2.24, 2.45) is 0 Å². The molecule has 1 aromatic heterocycles. The Bertz CT molecular complexity index is 632. The largest absolute Gasteiger partial charge is 0.319 e. The van der Waals surface area contributed by atoms with Gasteiger partial charge in [0, 0.05) is 0 Å². The Labute approximate surface area is 106 Å². The molecule has 0 aliphatic rings. The SMILES string of the molecule is Cc1n[nH]c(C)c1NC(=O)c1ccc(F)c(F)c1F. The Kier molecular flexibility index (Phi) is 3.28. The molecule has 0 saturated carbocycles. The van der Waals surface area contributed by atoms with E-state index in [0.717, 1.165) is 6.07 Å². The van der Waals surface area contributed by atoms with Gasteiger partial charge >= 0.3 is 0 Å². The zero-order valence-corrected chi connectivity index (χ0v) is 10.1. The van der Waals surface area contributed by atoms with E-state index in [0.29, 0.717) is 23.1 Å². The Hall–Kier alpha value is -2.31. The van der Waals surface area contributed by atoms with Crippen LogP contribution >= 0.6 is 0 Å². The molecule has 1 aromatic carbocycles. The highest BCUT2D eigenvalue weighted by Crippen LogP contribution is 2.20. The molecule has 0 radical (unpaired) electrons. The smallest absolute Gasteiger partial charge is 0.258 e. The lowest BCUT2D eigenvalue weighted by Gasteiger charge is -2.07. The quantitative estimate of drug-likeness (QED) is 0.823. The summed E-state index contributed by atoms with van der Waals surface area (Å²) >= 11 is 0. The molecule has 1 amide bonds. The van der Waals surface area contributed by atoms with E-state index in [1.165, 1.54) is 0 Å². The van der Waals surface area contributed by atoms with Crippen LogP contribution < -0.4 is 5.32 Å². The summed E-state index contributed by atoms with van der Waals surface area (Å²) in [5.74, 6) is -5.40. The number of nitrogens with zero attached hydrogens (tertiary/aromatic N) is 1. The van der Waals surface area contributed by atoms with E-state index >= 15 is 0 Å². The number of aryl methyl sites for hydroxylation is 2. The van der Waals surface area contributed by atoms with Crippen LogP contribution in [0, 0.1) is 31.3 Å². The topological polar surface area (TPSA) is 57.8 Å². The number of carbonyl (C=O) groups excluding carboxylic acids is 1. The maximum absolute atomic E-state index is 13.4. The number of anilines is 1. The van der Waals surface area contributed by atoms with Crippen LogP contribution in [0.4, 0.5) is 18.9 Å². The fourth-order valence-electron chi connectivity index (χ4n) is 1.62. The predicted molar refractivity (Wildman–Crippen MR) is 62.3 cm³/mol. The molecule has 2 rings (SSSR count). The van der Waals surface area contributed by atoms with Crippen molar-refractivity contribution in [2.45, 2.75) is 13.8 Å². The van der Waals surface area contributed by atoms with Crippen LogP contribution in [-0.4, -0.2) is 16.1 Å². The number of carbonyl (C=O) groups is 1. The Balaban J connectivity index is 2.34. The number of benzene rings is 1. The highest BCUT2D eigenvalue weighted by molar-refractivity contribution is 6.05. The zero-order chi connectivity index (χ0) is 14.2. The van der Waals surface area contributed by atoms with Crippen molar-refractivity contribution in [3.63, 3.8) is 0 Å². The van der Waals surface area contributed by atoms with Crippen molar-refractivity contribution >= 4 is 11.6 Å². The van der Waals surface area contributed by atoms with E-state index in [9.17, 15) is 18.0 Å². The van der Waals surface area contributed by atoms with Crippen LogP contribution in [0.3, 0.4) is 0 Å². The number of amides is 1. The molecule has 0 saturated heterocycles. The third-order valence-electron chi connectivity index (χ3n) is 2.65. The highest BCUT2D eigenvalue weighted by Gasteiger charge is 2.20. The maximum Gasteiger partial charge on any atom is 0.258 e. The number of halogens is 3. The first-order valence-electron chi connectivity index (χ1n) is 5.38. The van der Waals surface area contributed by atoms with Gasteiger partial charge in [-0.1, -0.05) is 0 Å². The third kappa shape index (κ3) is 2.31. The average molecular weight is 269 g/mol. The molecule has 0 fully saturated rings. The summed E-state index contributed by atoms with van der Waals surface area (Å²) in [6, 6.07) is 1.58. The zero-order valence-electron chi connectivity index (χ0n) is 10.1. The number of hydrogen-bond donors (Lipinski definition) is 2. The number of hydrogen-bond acceptors (Lipinski definition) is 2. The predicted octanol–water partition coefficient (Wildman–Crippen LogP) is 2.70. The van der Waals surface area contributed by atoms with Crippen molar-refractivity contribution in [3.8, 4) is 0 Å². The monoisotopic (exact) mass is 269 g/mol. The van der Waals surface area contributed by atoms with E-state index in [1.807, 2.05) is 0 Å². The molecule has 4 nitrogen and oxygen atoms in total. The first-order chi connectivity index (χ1) is 8.91. The normalized spacial score (nSPS) is 10.6. The van der Waals surface area contributed by atoms with E-state index in [-0.39, 0.29) is 0 Å². The lowest BCUT2D eigenvalue weighted by Crippen LogP contribution is -2.16. The van der Waals surface area contributed by atoms with Crippen molar-refractivity contribution in [2.75, 3.05) is 5.32 Å². The molecule has 100 valence electrons. The fourth-order valence-corrected chi connectivity index (χ4v) is 1.62. The minimum absolute atomic E-state index is 0.383. The van der Waals surface area contributed by atoms with E-state index in [2.05, 4.69) is 15.5 Å². The molecule has 0 bridgehead atoms. The van der Waals surface area contributed by atoms with Gasteiger partial charge in [0.2, 0.25) is 0 Å². The van der Waals surface area contributed by atoms with Crippen LogP contribution in [0.25, 0.3) is 0 Å². The molecule has 0 unspecified atom stereocenters. The number of H-pyrrole nitrogens is 1. The lowest BCUT2D eigenvalue weighted by molar-refractivity contribution is 0.102. The van der Waals surface area contributed by atoms with Crippen LogP contribution in [0.5, 0.6) is 0 Å². The van der Waals surface area contributed by atoms with Gasteiger partial charge in [-0.25, -0.2) is 13.2 Å². The van der Waals surface area contributed by atoms with Crippen LogP contribution in [0.15, 0.2) is 12.1 Å². The maximum atomic E-state index is 13.4.